The van der Waals surface area contributed by atoms with Crippen LogP contribution in [0.15, 0.2) is 29.2 Å². The molecule has 3 N–H and O–H groups in total. The molecule has 3 unspecified atom stereocenters. The third-order valence-electron chi connectivity index (χ3n) is 4.51. The van der Waals surface area contributed by atoms with Crippen molar-refractivity contribution in [3.05, 3.63) is 55.9 Å². The molecule has 0 aliphatic carbocycles. The van der Waals surface area contributed by atoms with E-state index in [9.17, 15) is 24.0 Å². The van der Waals surface area contributed by atoms with Crippen molar-refractivity contribution in [1.82, 2.24) is 9.55 Å². The molecule has 4 rings (SSSR count). The highest BCUT2D eigenvalue weighted by molar-refractivity contribution is 7.71. The van der Waals surface area contributed by atoms with E-state index >= 15 is 0 Å². The summed E-state index contributed by atoms with van der Waals surface area (Å²) in [5.41, 5.74) is -0.482. The molecule has 3 heterocycles. The predicted molar refractivity (Wildman–Crippen MR) is 113 cm³/mol. The summed E-state index contributed by atoms with van der Waals surface area (Å²) in [5, 5.41) is 21.1. The smallest absolute Gasteiger partial charge is 0.404 e. The lowest BCUT2D eigenvalue weighted by molar-refractivity contribution is -0.349. The van der Waals surface area contributed by atoms with Gasteiger partial charge in [0.2, 0.25) is 5.82 Å². The molecule has 0 bridgehead atoms. The lowest BCUT2D eigenvalue weighted by Crippen LogP contribution is -2.44. The van der Waals surface area contributed by atoms with Gasteiger partial charge in [-0.1, -0.05) is 25.4 Å². The molecule has 2 aliphatic rings. The molecule has 2 aliphatic heterocycles. The summed E-state index contributed by atoms with van der Waals surface area (Å²) in [6.07, 6.45) is -1.28. The molecular formula is C18H21ClFN2O8PS. The molecule has 2 aromatic rings. The Bertz CT molecular complexity index is 1160. The Hall–Kier alpha value is -1.63. The van der Waals surface area contributed by atoms with Gasteiger partial charge >= 0.3 is 13.8 Å². The van der Waals surface area contributed by atoms with Crippen molar-refractivity contribution in [2.45, 2.75) is 51.6 Å². The predicted octanol–water partition coefficient (Wildman–Crippen LogP) is 3.77. The van der Waals surface area contributed by atoms with Crippen molar-refractivity contribution in [2.75, 3.05) is 0 Å². The average Bonchev–Trinajstić information content (AvgIpc) is 3.23. The Morgan fingerprint density at radius 2 is 2.09 bits per heavy atom. The zero-order valence-electron chi connectivity index (χ0n) is 17.0. The number of phosphoric acid groups is 1. The van der Waals surface area contributed by atoms with Crippen LogP contribution in [0.3, 0.4) is 0 Å². The minimum atomic E-state index is -4.41. The Morgan fingerprint density at radius 1 is 1.38 bits per heavy atom. The van der Waals surface area contributed by atoms with Gasteiger partial charge in [0.1, 0.15) is 18.1 Å². The van der Waals surface area contributed by atoms with Crippen LogP contribution in [0.1, 0.15) is 38.5 Å². The third kappa shape index (κ3) is 5.29. The van der Waals surface area contributed by atoms with Crippen LogP contribution in [0, 0.1) is 10.6 Å². The van der Waals surface area contributed by atoms with Crippen LogP contribution in [0.5, 0.6) is 5.75 Å². The van der Waals surface area contributed by atoms with Gasteiger partial charge in [-0.15, -0.1) is 0 Å². The van der Waals surface area contributed by atoms with Crippen molar-refractivity contribution in [3.63, 3.8) is 0 Å². The van der Waals surface area contributed by atoms with Crippen molar-refractivity contribution >= 4 is 31.6 Å². The van der Waals surface area contributed by atoms with E-state index in [0.717, 1.165) is 10.8 Å². The van der Waals surface area contributed by atoms with Crippen LogP contribution in [-0.4, -0.2) is 31.8 Å². The number of aromatic amines is 1. The van der Waals surface area contributed by atoms with E-state index in [4.69, 9.17) is 42.1 Å². The summed E-state index contributed by atoms with van der Waals surface area (Å²) in [4.78, 5) is 13.4. The maximum Gasteiger partial charge on any atom is 0.534 e. The fourth-order valence-corrected chi connectivity index (χ4v) is 4.85. The van der Waals surface area contributed by atoms with Crippen molar-refractivity contribution in [2.24, 2.45) is 0 Å². The number of nitrogens with one attached hydrogen (secondary N) is 1. The standard InChI is InChI=1S/C16H15ClFN2O8PS.C2H6/c17-9-1-2-11-8(5-9)7-25-29(24,27-11)28-16(22,23)12-3-4-13(26-12)20-6-10(18)14(21)19-15(20)30;1-2/h1-2,5-6,12-13,22-23H,3-4,7H2,(H,19,21,30);1-2H3. The Morgan fingerprint density at radius 3 is 2.81 bits per heavy atom. The second-order valence-corrected chi connectivity index (χ2v) is 8.96. The molecule has 176 valence electrons. The molecule has 10 nitrogen and oxygen atoms in total. The highest BCUT2D eigenvalue weighted by atomic mass is 35.5. The summed E-state index contributed by atoms with van der Waals surface area (Å²) in [5.74, 6) is -3.99. The number of hydrogen-bond acceptors (Lipinski definition) is 9. The quantitative estimate of drug-likeness (QED) is 0.319. The maximum atomic E-state index is 13.6. The van der Waals surface area contributed by atoms with Crippen LogP contribution in [0.2, 0.25) is 5.02 Å². The minimum Gasteiger partial charge on any atom is -0.404 e. The van der Waals surface area contributed by atoms with Crippen LogP contribution in [-0.2, 0) is 25.0 Å². The van der Waals surface area contributed by atoms with E-state index in [1.54, 1.807) is 6.07 Å². The molecule has 1 saturated heterocycles. The normalized spacial score (nSPS) is 24.8. The van der Waals surface area contributed by atoms with Crippen LogP contribution < -0.4 is 10.1 Å². The second kappa shape index (κ2) is 9.70. The second-order valence-electron chi connectivity index (χ2n) is 6.61. The van der Waals surface area contributed by atoms with Crippen molar-refractivity contribution in [1.29, 1.82) is 0 Å². The van der Waals surface area contributed by atoms with Crippen molar-refractivity contribution < 1.29 is 37.5 Å². The number of hydrogen-bond donors (Lipinski definition) is 3. The first-order chi connectivity index (χ1) is 15.1. The van der Waals surface area contributed by atoms with Gasteiger partial charge in [0, 0.05) is 10.6 Å². The van der Waals surface area contributed by atoms with Crippen LogP contribution in [0.4, 0.5) is 4.39 Å². The van der Waals surface area contributed by atoms with E-state index in [1.165, 1.54) is 12.1 Å². The minimum absolute atomic E-state index is 0.0202. The molecule has 1 aromatic carbocycles. The molecule has 0 amide bonds. The first-order valence-electron chi connectivity index (χ1n) is 9.61. The lowest BCUT2D eigenvalue weighted by atomic mass is 10.2. The Balaban J connectivity index is 0.00000141. The van der Waals surface area contributed by atoms with Gasteiger partial charge in [-0.3, -0.25) is 18.9 Å². The molecule has 0 saturated carbocycles. The van der Waals surface area contributed by atoms with E-state index in [0.29, 0.717) is 10.6 Å². The fourth-order valence-electron chi connectivity index (χ4n) is 3.09. The molecule has 1 aromatic heterocycles. The summed E-state index contributed by atoms with van der Waals surface area (Å²) in [7, 11) is -4.41. The van der Waals surface area contributed by atoms with Gasteiger partial charge in [0.25, 0.3) is 5.56 Å². The number of benzene rings is 1. The van der Waals surface area contributed by atoms with Crippen LogP contribution >= 0.6 is 31.6 Å². The third-order valence-corrected chi connectivity index (χ3v) is 6.41. The fraction of sp³-hybridized carbons (Fsp3) is 0.444. The number of nitrogens with zero attached hydrogens (tertiary/aromatic N) is 1. The van der Waals surface area contributed by atoms with Crippen LogP contribution in [0.25, 0.3) is 0 Å². The molecular weight excluding hydrogens is 490 g/mol. The summed E-state index contributed by atoms with van der Waals surface area (Å²) in [6, 6.07) is 4.49. The van der Waals surface area contributed by atoms with Gasteiger partial charge in [0.05, 0.1) is 12.8 Å². The highest BCUT2D eigenvalue weighted by Gasteiger charge is 2.50. The molecule has 3 atom stereocenters. The maximum absolute atomic E-state index is 13.6. The number of H-pyrrole nitrogens is 1. The molecule has 0 spiro atoms. The SMILES string of the molecule is CC.O=c1[nH]c(=S)n(C2CCC(C(O)(O)OP3(=O)OCc4cc(Cl)ccc4O3)O2)cc1F. The molecule has 0 radical (unpaired) electrons. The number of aromatic nitrogens is 2. The van der Waals surface area contributed by atoms with Gasteiger partial charge < -0.3 is 19.5 Å². The topological polar surface area (TPSA) is 132 Å². The van der Waals surface area contributed by atoms with Gasteiger partial charge in [0.15, 0.2) is 4.77 Å². The first kappa shape index (κ1) is 25.0. The largest absolute Gasteiger partial charge is 0.534 e. The summed E-state index contributed by atoms with van der Waals surface area (Å²) in [6.45, 7) is 3.81. The lowest BCUT2D eigenvalue weighted by Gasteiger charge is -2.32. The Labute approximate surface area is 192 Å². The molecule has 14 heteroatoms. The van der Waals surface area contributed by atoms with Crippen molar-refractivity contribution in [3.8, 4) is 5.75 Å². The summed E-state index contributed by atoms with van der Waals surface area (Å²) >= 11 is 10.8. The molecule has 32 heavy (non-hydrogen) atoms. The van der Waals surface area contributed by atoms with E-state index in [-0.39, 0.29) is 30.0 Å². The van der Waals surface area contributed by atoms with E-state index in [2.05, 4.69) is 4.98 Å². The highest BCUT2D eigenvalue weighted by Crippen LogP contribution is 2.57. The van der Waals surface area contributed by atoms with Gasteiger partial charge in [-0.2, -0.15) is 4.39 Å². The number of aliphatic hydroxyl groups is 2. The average molecular weight is 511 g/mol. The molecule has 1 fully saturated rings. The van der Waals surface area contributed by atoms with E-state index in [1.807, 2.05) is 13.8 Å². The summed E-state index contributed by atoms with van der Waals surface area (Å²) < 4.78 is 48.0. The zero-order valence-corrected chi connectivity index (χ0v) is 19.5. The number of fused-ring (bicyclic) bond motifs is 1. The monoisotopic (exact) mass is 510 g/mol. The van der Waals surface area contributed by atoms with Gasteiger partial charge in [-0.05, 0) is 43.3 Å². The first-order valence-corrected chi connectivity index (χ1v) is 11.9. The number of phosphoric ester groups is 1. The zero-order chi connectivity index (χ0) is 23.7. The van der Waals surface area contributed by atoms with E-state index < -0.39 is 37.5 Å². The number of halogens is 2. The number of ether oxygens (including phenoxy) is 1. The van der Waals surface area contributed by atoms with Gasteiger partial charge in [-0.25, -0.2) is 9.09 Å². The number of rotatable bonds is 4. The Kier molecular flexibility index (Phi) is 7.58.